The van der Waals surface area contributed by atoms with Crippen LogP contribution in [0.2, 0.25) is 4.34 Å². The Morgan fingerprint density at radius 2 is 2.44 bits per heavy atom. The molecule has 0 atom stereocenters. The first-order chi connectivity index (χ1) is 7.65. The molecular weight excluding hydrogens is 248 g/mol. The highest BCUT2D eigenvalue weighted by Crippen LogP contribution is 2.29. The number of carboxylic acid groups (broad SMARTS) is 1. The summed E-state index contributed by atoms with van der Waals surface area (Å²) in [6.07, 6.45) is 4.16. The van der Waals surface area contributed by atoms with Crippen molar-refractivity contribution in [1.29, 1.82) is 0 Å². The summed E-state index contributed by atoms with van der Waals surface area (Å²) in [7, 11) is 0. The van der Waals surface area contributed by atoms with Crippen molar-refractivity contribution in [2.75, 3.05) is 6.54 Å². The van der Waals surface area contributed by atoms with E-state index in [9.17, 15) is 4.79 Å². The summed E-state index contributed by atoms with van der Waals surface area (Å²) in [6.45, 7) is 1.31. The molecule has 1 heterocycles. The van der Waals surface area contributed by atoms with Gasteiger partial charge in [0.1, 0.15) is 9.34 Å². The van der Waals surface area contributed by atoms with E-state index in [0.29, 0.717) is 16.9 Å². The fraction of sp³-hybridized carbons (Fsp3) is 0.600. The molecule has 0 bridgehead atoms. The van der Waals surface area contributed by atoms with Crippen molar-refractivity contribution < 1.29 is 9.90 Å². The number of aromatic nitrogens is 1. The number of aliphatic carboxylic acids is 1. The molecule has 0 radical (unpaired) electrons. The molecule has 16 heavy (non-hydrogen) atoms. The third-order valence-corrected chi connectivity index (χ3v) is 3.64. The van der Waals surface area contributed by atoms with E-state index in [1.165, 1.54) is 24.2 Å². The molecule has 1 N–H and O–H groups in total. The van der Waals surface area contributed by atoms with Crippen molar-refractivity contribution >= 4 is 28.9 Å². The number of nitrogens with zero attached hydrogens (tertiary/aromatic N) is 2. The van der Waals surface area contributed by atoms with Gasteiger partial charge in [-0.2, -0.15) is 0 Å². The lowest BCUT2D eigenvalue weighted by Crippen LogP contribution is -2.28. The van der Waals surface area contributed by atoms with Crippen LogP contribution in [0, 0.1) is 0 Å². The second kappa shape index (κ2) is 5.12. The molecule has 2 rings (SSSR count). The summed E-state index contributed by atoms with van der Waals surface area (Å²) in [4.78, 5) is 16.9. The predicted molar refractivity (Wildman–Crippen MR) is 62.8 cm³/mol. The van der Waals surface area contributed by atoms with Gasteiger partial charge in [-0.3, -0.25) is 9.69 Å². The van der Waals surface area contributed by atoms with Gasteiger partial charge in [-0.1, -0.05) is 11.6 Å². The number of hydrogen-bond donors (Lipinski definition) is 1. The maximum absolute atomic E-state index is 10.5. The van der Waals surface area contributed by atoms with Crippen LogP contribution in [0.15, 0.2) is 6.20 Å². The lowest BCUT2D eigenvalue weighted by molar-refractivity contribution is -0.137. The molecule has 1 aliphatic carbocycles. The lowest BCUT2D eigenvalue weighted by atomic mass is 10.3. The zero-order valence-corrected chi connectivity index (χ0v) is 10.3. The zero-order chi connectivity index (χ0) is 11.5. The number of thiazole rings is 1. The molecule has 1 fully saturated rings. The van der Waals surface area contributed by atoms with E-state index < -0.39 is 5.97 Å². The SMILES string of the molecule is O=C(O)CCN(Cc1ncc(Cl)s1)C1CC1. The summed E-state index contributed by atoms with van der Waals surface area (Å²) < 4.78 is 0.684. The van der Waals surface area contributed by atoms with E-state index in [-0.39, 0.29) is 6.42 Å². The van der Waals surface area contributed by atoms with Gasteiger partial charge in [0.15, 0.2) is 0 Å². The second-order valence-electron chi connectivity index (χ2n) is 3.90. The number of hydrogen-bond acceptors (Lipinski definition) is 4. The van der Waals surface area contributed by atoms with Crippen molar-refractivity contribution in [3.8, 4) is 0 Å². The molecule has 0 saturated heterocycles. The van der Waals surface area contributed by atoms with Gasteiger partial charge in [0, 0.05) is 12.6 Å². The largest absolute Gasteiger partial charge is 0.481 e. The molecule has 4 nitrogen and oxygen atoms in total. The highest BCUT2D eigenvalue weighted by Gasteiger charge is 2.29. The first-order valence-corrected chi connectivity index (χ1v) is 6.40. The van der Waals surface area contributed by atoms with Crippen molar-refractivity contribution in [1.82, 2.24) is 9.88 Å². The summed E-state index contributed by atoms with van der Waals surface area (Å²) >= 11 is 7.27. The smallest absolute Gasteiger partial charge is 0.304 e. The quantitative estimate of drug-likeness (QED) is 0.852. The zero-order valence-electron chi connectivity index (χ0n) is 8.73. The topological polar surface area (TPSA) is 53.4 Å². The number of halogens is 1. The Morgan fingerprint density at radius 3 is 2.94 bits per heavy atom. The molecule has 0 unspecified atom stereocenters. The van der Waals surface area contributed by atoms with Crippen LogP contribution < -0.4 is 0 Å². The second-order valence-corrected chi connectivity index (χ2v) is 5.65. The maximum atomic E-state index is 10.5. The van der Waals surface area contributed by atoms with Gasteiger partial charge in [-0.05, 0) is 12.8 Å². The van der Waals surface area contributed by atoms with Crippen LogP contribution in [0.1, 0.15) is 24.3 Å². The van der Waals surface area contributed by atoms with Gasteiger partial charge in [0.05, 0.1) is 19.2 Å². The van der Waals surface area contributed by atoms with E-state index in [4.69, 9.17) is 16.7 Å². The highest BCUT2D eigenvalue weighted by atomic mass is 35.5. The van der Waals surface area contributed by atoms with Crippen molar-refractivity contribution in [2.45, 2.75) is 31.8 Å². The standard InChI is InChI=1S/C10H13ClN2O2S/c11-8-5-12-9(16-8)6-13(7-1-2-7)4-3-10(14)15/h5,7H,1-4,6H2,(H,14,15). The molecule has 0 aliphatic heterocycles. The normalized spacial score (nSPS) is 15.6. The van der Waals surface area contributed by atoms with Gasteiger partial charge in [-0.25, -0.2) is 4.98 Å². The average Bonchev–Trinajstić information content (AvgIpc) is 2.98. The van der Waals surface area contributed by atoms with Crippen molar-refractivity contribution in [2.24, 2.45) is 0 Å². The van der Waals surface area contributed by atoms with E-state index in [0.717, 1.165) is 11.6 Å². The summed E-state index contributed by atoms with van der Waals surface area (Å²) in [5.74, 6) is -0.747. The van der Waals surface area contributed by atoms with Crippen LogP contribution in [0.25, 0.3) is 0 Å². The fourth-order valence-electron chi connectivity index (χ4n) is 1.60. The Kier molecular flexibility index (Phi) is 3.78. The van der Waals surface area contributed by atoms with Gasteiger partial charge < -0.3 is 5.11 Å². The molecule has 0 spiro atoms. The maximum Gasteiger partial charge on any atom is 0.304 e. The minimum absolute atomic E-state index is 0.190. The van der Waals surface area contributed by atoms with E-state index >= 15 is 0 Å². The fourth-order valence-corrected chi connectivity index (χ4v) is 2.59. The van der Waals surface area contributed by atoms with Gasteiger partial charge in [0.25, 0.3) is 0 Å². The Hall–Kier alpha value is -0.650. The molecule has 1 aromatic heterocycles. The Labute approximate surface area is 103 Å². The Bertz CT molecular complexity index is 379. The van der Waals surface area contributed by atoms with Crippen LogP contribution in [-0.2, 0) is 11.3 Å². The van der Waals surface area contributed by atoms with Crippen LogP contribution in [0.4, 0.5) is 0 Å². The Balaban J connectivity index is 1.89. The highest BCUT2D eigenvalue weighted by molar-refractivity contribution is 7.15. The van der Waals surface area contributed by atoms with Crippen LogP contribution in [0.3, 0.4) is 0 Å². The molecule has 0 amide bonds. The molecule has 1 saturated carbocycles. The first kappa shape index (κ1) is 11.8. The molecule has 0 aromatic carbocycles. The Morgan fingerprint density at radius 1 is 1.69 bits per heavy atom. The van der Waals surface area contributed by atoms with Crippen LogP contribution in [-0.4, -0.2) is 33.5 Å². The van der Waals surface area contributed by atoms with Crippen LogP contribution in [0.5, 0.6) is 0 Å². The third-order valence-electron chi connectivity index (χ3n) is 2.54. The minimum atomic E-state index is -0.747. The summed E-state index contributed by atoms with van der Waals surface area (Å²) in [5.41, 5.74) is 0. The summed E-state index contributed by atoms with van der Waals surface area (Å²) in [6, 6.07) is 0.544. The van der Waals surface area contributed by atoms with Gasteiger partial charge in [-0.15, -0.1) is 11.3 Å². The van der Waals surface area contributed by atoms with E-state index in [2.05, 4.69) is 9.88 Å². The lowest BCUT2D eigenvalue weighted by Gasteiger charge is -2.19. The third kappa shape index (κ3) is 3.43. The number of rotatable bonds is 6. The minimum Gasteiger partial charge on any atom is -0.481 e. The van der Waals surface area contributed by atoms with Crippen molar-refractivity contribution in [3.63, 3.8) is 0 Å². The first-order valence-electron chi connectivity index (χ1n) is 5.21. The average molecular weight is 261 g/mol. The van der Waals surface area contributed by atoms with Crippen molar-refractivity contribution in [3.05, 3.63) is 15.5 Å². The van der Waals surface area contributed by atoms with E-state index in [1.807, 2.05) is 0 Å². The van der Waals surface area contributed by atoms with E-state index in [1.54, 1.807) is 6.20 Å². The van der Waals surface area contributed by atoms with Gasteiger partial charge in [0.2, 0.25) is 0 Å². The molecule has 88 valence electrons. The molecule has 1 aliphatic rings. The molecule has 1 aromatic rings. The molecular formula is C10H13ClN2O2S. The van der Waals surface area contributed by atoms with Gasteiger partial charge >= 0.3 is 5.97 Å². The monoisotopic (exact) mass is 260 g/mol. The predicted octanol–water partition coefficient (Wildman–Crippen LogP) is 2.24. The number of carbonyl (C=O) groups is 1. The van der Waals surface area contributed by atoms with Crippen LogP contribution >= 0.6 is 22.9 Å². The summed E-state index contributed by atoms with van der Waals surface area (Å²) in [5, 5.41) is 9.63. The molecule has 6 heteroatoms. The number of carboxylic acids is 1.